The summed E-state index contributed by atoms with van der Waals surface area (Å²) in [7, 11) is 3.59. The Kier molecular flexibility index (Phi) is 4.45. The molecule has 4 nitrogen and oxygen atoms in total. The molecule has 0 aliphatic carbocycles. The number of nitrogens with zero attached hydrogens (tertiary/aromatic N) is 3. The molecule has 1 aromatic heterocycles. The average Bonchev–Trinajstić information content (AvgIpc) is 2.45. The van der Waals surface area contributed by atoms with Crippen LogP contribution >= 0.6 is 11.6 Å². The first-order chi connectivity index (χ1) is 9.51. The quantitative estimate of drug-likeness (QED) is 0.797. The molecule has 5 heteroatoms. The Morgan fingerprint density at radius 2 is 1.95 bits per heavy atom. The minimum absolute atomic E-state index is 0.228. The summed E-state index contributed by atoms with van der Waals surface area (Å²) in [6, 6.07) is 9.55. The summed E-state index contributed by atoms with van der Waals surface area (Å²) in [5, 5.41) is 0.452. The Morgan fingerprint density at radius 1 is 1.20 bits per heavy atom. The van der Waals surface area contributed by atoms with Crippen LogP contribution in [0.3, 0.4) is 0 Å². The topological polar surface area (TPSA) is 38.2 Å². The highest BCUT2D eigenvalue weighted by molar-refractivity contribution is 6.29. The molecule has 0 saturated heterocycles. The van der Waals surface area contributed by atoms with Crippen LogP contribution in [0, 0.1) is 0 Å². The van der Waals surface area contributed by atoms with Crippen molar-refractivity contribution in [3.05, 3.63) is 41.3 Å². The fourth-order valence-electron chi connectivity index (χ4n) is 1.80. The number of hydrogen-bond donors (Lipinski definition) is 0. The second kappa shape index (κ2) is 6.09. The summed E-state index contributed by atoms with van der Waals surface area (Å²) in [6.45, 7) is 4.09. The first-order valence-corrected chi connectivity index (χ1v) is 6.81. The predicted molar refractivity (Wildman–Crippen MR) is 82.2 cm³/mol. The maximum absolute atomic E-state index is 6.08. The lowest BCUT2D eigenvalue weighted by atomic mass is 10.2. The largest absolute Gasteiger partial charge is 0.497 e. The lowest BCUT2D eigenvalue weighted by Crippen LogP contribution is -2.13. The van der Waals surface area contributed by atoms with E-state index in [1.807, 2.05) is 50.1 Å². The second-order valence-electron chi connectivity index (χ2n) is 4.82. The van der Waals surface area contributed by atoms with Gasteiger partial charge in [0, 0.05) is 30.8 Å². The van der Waals surface area contributed by atoms with Gasteiger partial charge >= 0.3 is 0 Å². The molecule has 0 N–H and O–H groups in total. The van der Waals surface area contributed by atoms with Crippen LogP contribution in [0.15, 0.2) is 30.3 Å². The molecule has 2 rings (SSSR count). The zero-order valence-electron chi connectivity index (χ0n) is 12.1. The maximum Gasteiger partial charge on any atom is 0.137 e. The van der Waals surface area contributed by atoms with Gasteiger partial charge in [-0.3, -0.25) is 0 Å². The molecule has 1 heterocycles. The van der Waals surface area contributed by atoms with E-state index in [9.17, 15) is 0 Å². The van der Waals surface area contributed by atoms with Gasteiger partial charge in [0.15, 0.2) is 0 Å². The van der Waals surface area contributed by atoms with Crippen LogP contribution in [0.1, 0.15) is 25.6 Å². The normalized spacial score (nSPS) is 10.7. The average molecular weight is 292 g/mol. The van der Waals surface area contributed by atoms with Crippen molar-refractivity contribution in [1.29, 1.82) is 0 Å². The van der Waals surface area contributed by atoms with E-state index in [-0.39, 0.29) is 5.92 Å². The van der Waals surface area contributed by atoms with Gasteiger partial charge in [-0.15, -0.1) is 0 Å². The van der Waals surface area contributed by atoms with Crippen molar-refractivity contribution in [1.82, 2.24) is 9.97 Å². The molecule has 0 radical (unpaired) electrons. The summed E-state index contributed by atoms with van der Waals surface area (Å²) in [5.41, 5.74) is 0.980. The Hall–Kier alpha value is -1.81. The van der Waals surface area contributed by atoms with Gasteiger partial charge in [0.25, 0.3) is 0 Å². The molecular formula is C15H18ClN3O. The van der Waals surface area contributed by atoms with Gasteiger partial charge in [-0.2, -0.15) is 0 Å². The van der Waals surface area contributed by atoms with Crippen LogP contribution in [0.4, 0.5) is 11.5 Å². The fourth-order valence-corrected chi connectivity index (χ4v) is 1.99. The van der Waals surface area contributed by atoms with Gasteiger partial charge in [-0.25, -0.2) is 9.97 Å². The standard InChI is InChI=1S/C15H18ClN3O/c1-10(2)15-17-13(16)9-14(18-15)19(3)11-6-5-7-12(8-11)20-4/h5-10H,1-4H3. The predicted octanol–water partition coefficient (Wildman–Crippen LogP) is 4.03. The number of aromatic nitrogens is 2. The molecule has 0 aliphatic heterocycles. The second-order valence-corrected chi connectivity index (χ2v) is 5.21. The van der Waals surface area contributed by atoms with Gasteiger partial charge in [-0.05, 0) is 12.1 Å². The Bertz CT molecular complexity index is 601. The number of benzene rings is 1. The van der Waals surface area contributed by atoms with Crippen LogP contribution in [0.25, 0.3) is 0 Å². The molecule has 0 fully saturated rings. The lowest BCUT2D eigenvalue weighted by Gasteiger charge is -2.20. The van der Waals surface area contributed by atoms with Crippen LogP contribution < -0.4 is 9.64 Å². The molecule has 0 aliphatic rings. The number of hydrogen-bond acceptors (Lipinski definition) is 4. The van der Waals surface area contributed by atoms with E-state index in [2.05, 4.69) is 9.97 Å². The van der Waals surface area contributed by atoms with Crippen LogP contribution in [0.5, 0.6) is 5.75 Å². The van der Waals surface area contributed by atoms with E-state index in [0.717, 1.165) is 23.1 Å². The maximum atomic E-state index is 6.08. The van der Waals surface area contributed by atoms with Gasteiger partial charge in [-0.1, -0.05) is 31.5 Å². The molecule has 0 unspecified atom stereocenters. The van der Waals surface area contributed by atoms with E-state index in [1.165, 1.54) is 0 Å². The van der Waals surface area contributed by atoms with Crippen molar-refractivity contribution in [2.24, 2.45) is 0 Å². The molecular weight excluding hydrogens is 274 g/mol. The zero-order valence-corrected chi connectivity index (χ0v) is 12.8. The minimum Gasteiger partial charge on any atom is -0.497 e. The molecule has 0 atom stereocenters. The van der Waals surface area contributed by atoms with Gasteiger partial charge in [0.2, 0.25) is 0 Å². The summed E-state index contributed by atoms with van der Waals surface area (Å²) in [4.78, 5) is 10.8. The minimum atomic E-state index is 0.228. The Morgan fingerprint density at radius 3 is 2.60 bits per heavy atom. The molecule has 106 valence electrons. The third kappa shape index (κ3) is 3.20. The van der Waals surface area contributed by atoms with Gasteiger partial charge < -0.3 is 9.64 Å². The number of rotatable bonds is 4. The monoisotopic (exact) mass is 291 g/mol. The van der Waals surface area contributed by atoms with Crippen molar-refractivity contribution in [3.8, 4) is 5.75 Å². The molecule has 0 bridgehead atoms. The number of anilines is 2. The smallest absolute Gasteiger partial charge is 0.137 e. The van der Waals surface area contributed by atoms with Crippen molar-refractivity contribution >= 4 is 23.1 Å². The van der Waals surface area contributed by atoms with E-state index < -0.39 is 0 Å². The molecule has 0 amide bonds. The Balaban J connectivity index is 2.39. The Labute approximate surface area is 124 Å². The highest BCUT2D eigenvalue weighted by Gasteiger charge is 2.12. The lowest BCUT2D eigenvalue weighted by molar-refractivity contribution is 0.415. The summed E-state index contributed by atoms with van der Waals surface area (Å²) < 4.78 is 5.24. The summed E-state index contributed by atoms with van der Waals surface area (Å²) in [6.07, 6.45) is 0. The van der Waals surface area contributed by atoms with Gasteiger partial charge in [0.1, 0.15) is 22.5 Å². The van der Waals surface area contributed by atoms with E-state index >= 15 is 0 Å². The summed E-state index contributed by atoms with van der Waals surface area (Å²) in [5.74, 6) is 2.54. The molecule has 20 heavy (non-hydrogen) atoms. The highest BCUT2D eigenvalue weighted by atomic mass is 35.5. The first-order valence-electron chi connectivity index (χ1n) is 6.43. The molecule has 0 spiro atoms. The summed E-state index contributed by atoms with van der Waals surface area (Å²) >= 11 is 6.08. The van der Waals surface area contributed by atoms with Crippen molar-refractivity contribution in [3.63, 3.8) is 0 Å². The highest BCUT2D eigenvalue weighted by Crippen LogP contribution is 2.27. The van der Waals surface area contributed by atoms with Crippen molar-refractivity contribution in [2.45, 2.75) is 19.8 Å². The molecule has 1 aromatic carbocycles. The van der Waals surface area contributed by atoms with E-state index in [1.54, 1.807) is 13.2 Å². The third-order valence-electron chi connectivity index (χ3n) is 3.00. The van der Waals surface area contributed by atoms with Crippen molar-refractivity contribution < 1.29 is 4.74 Å². The van der Waals surface area contributed by atoms with Crippen LogP contribution in [-0.4, -0.2) is 24.1 Å². The van der Waals surface area contributed by atoms with E-state index in [0.29, 0.717) is 5.15 Å². The number of halogens is 1. The number of methoxy groups -OCH3 is 1. The van der Waals surface area contributed by atoms with Crippen LogP contribution in [0.2, 0.25) is 5.15 Å². The molecule has 2 aromatic rings. The fraction of sp³-hybridized carbons (Fsp3) is 0.333. The first kappa shape index (κ1) is 14.6. The van der Waals surface area contributed by atoms with Crippen LogP contribution in [-0.2, 0) is 0 Å². The third-order valence-corrected chi connectivity index (χ3v) is 3.19. The zero-order chi connectivity index (χ0) is 14.7. The van der Waals surface area contributed by atoms with E-state index in [4.69, 9.17) is 16.3 Å². The molecule has 0 saturated carbocycles. The van der Waals surface area contributed by atoms with Gasteiger partial charge in [0.05, 0.1) is 7.11 Å². The van der Waals surface area contributed by atoms with Crippen molar-refractivity contribution in [2.75, 3.05) is 19.1 Å². The SMILES string of the molecule is COc1cccc(N(C)c2cc(Cl)nc(C(C)C)n2)c1. The number of ether oxygens (including phenoxy) is 1.